The second-order valence-electron chi connectivity index (χ2n) is 5.57. The Labute approximate surface area is 112 Å². The summed E-state index contributed by atoms with van der Waals surface area (Å²) in [5.74, 6) is 5.61. The molecule has 0 aliphatic rings. The van der Waals surface area contributed by atoms with Crippen molar-refractivity contribution in [1.29, 1.82) is 0 Å². The molecule has 96 valence electrons. The number of fused-ring (bicyclic) bond motifs is 1. The van der Waals surface area contributed by atoms with Gasteiger partial charge < -0.3 is 5.43 Å². The van der Waals surface area contributed by atoms with E-state index < -0.39 is 0 Å². The van der Waals surface area contributed by atoms with Crippen molar-refractivity contribution in [2.45, 2.75) is 33.1 Å². The van der Waals surface area contributed by atoms with Gasteiger partial charge in [-0.25, -0.2) is 0 Å². The number of hydrazine groups is 1. The first-order valence-corrected chi connectivity index (χ1v) is 6.28. The number of benzene rings is 1. The molecule has 1 aromatic heterocycles. The first kappa shape index (κ1) is 13.1. The number of pyridine rings is 1. The van der Waals surface area contributed by atoms with Crippen molar-refractivity contribution in [3.05, 3.63) is 34.5 Å². The van der Waals surface area contributed by atoms with Crippen LogP contribution in [0.5, 0.6) is 0 Å². The van der Waals surface area contributed by atoms with E-state index in [-0.39, 0.29) is 5.41 Å². The average Bonchev–Trinajstić information content (AvgIpc) is 2.26. The second kappa shape index (κ2) is 4.41. The molecule has 0 fully saturated rings. The van der Waals surface area contributed by atoms with Crippen molar-refractivity contribution in [1.82, 2.24) is 4.98 Å². The Balaban J connectivity index is 2.84. The number of rotatable bonds is 1. The Kier molecular flexibility index (Phi) is 3.21. The Bertz CT molecular complexity index is 600. The molecule has 0 aliphatic heterocycles. The largest absolute Gasteiger partial charge is 0.323 e. The third-order valence-electron chi connectivity index (χ3n) is 2.99. The van der Waals surface area contributed by atoms with Gasteiger partial charge in [-0.2, -0.15) is 0 Å². The van der Waals surface area contributed by atoms with E-state index in [9.17, 15) is 0 Å². The van der Waals surface area contributed by atoms with Gasteiger partial charge in [0.05, 0.1) is 11.2 Å². The van der Waals surface area contributed by atoms with Gasteiger partial charge in [0.15, 0.2) is 0 Å². The fourth-order valence-corrected chi connectivity index (χ4v) is 2.23. The van der Waals surface area contributed by atoms with E-state index in [1.54, 1.807) is 0 Å². The van der Waals surface area contributed by atoms with Crippen LogP contribution in [0.3, 0.4) is 0 Å². The van der Waals surface area contributed by atoms with Crippen molar-refractivity contribution in [2.75, 3.05) is 5.43 Å². The summed E-state index contributed by atoms with van der Waals surface area (Å²) in [6.07, 6.45) is 0. The maximum Gasteiger partial charge on any atom is 0.0757 e. The third-order valence-corrected chi connectivity index (χ3v) is 3.21. The van der Waals surface area contributed by atoms with Crippen LogP contribution in [-0.2, 0) is 5.41 Å². The smallest absolute Gasteiger partial charge is 0.0757 e. The minimum atomic E-state index is -0.0220. The van der Waals surface area contributed by atoms with Gasteiger partial charge in [0.1, 0.15) is 0 Å². The first-order chi connectivity index (χ1) is 8.32. The maximum atomic E-state index is 6.09. The lowest BCUT2D eigenvalue weighted by Gasteiger charge is -2.20. The van der Waals surface area contributed by atoms with Crippen LogP contribution < -0.4 is 11.3 Å². The number of nitrogens with one attached hydrogen (secondary N) is 1. The highest BCUT2D eigenvalue weighted by Crippen LogP contribution is 2.32. The van der Waals surface area contributed by atoms with Crippen LogP contribution in [0.4, 0.5) is 5.69 Å². The maximum absolute atomic E-state index is 6.09. The highest BCUT2D eigenvalue weighted by Gasteiger charge is 2.18. The summed E-state index contributed by atoms with van der Waals surface area (Å²) >= 11 is 6.09. The van der Waals surface area contributed by atoms with Gasteiger partial charge in [0.2, 0.25) is 0 Å². The van der Waals surface area contributed by atoms with Gasteiger partial charge in [-0.05, 0) is 30.7 Å². The van der Waals surface area contributed by atoms with Crippen LogP contribution in [0.2, 0.25) is 5.02 Å². The molecule has 0 saturated carbocycles. The van der Waals surface area contributed by atoms with Crippen molar-refractivity contribution in [3.63, 3.8) is 0 Å². The predicted octanol–water partition coefficient (Wildman–Crippen LogP) is 3.78. The molecule has 0 radical (unpaired) electrons. The summed E-state index contributed by atoms with van der Waals surface area (Å²) in [6, 6.07) is 5.79. The molecule has 0 unspecified atom stereocenters. The molecule has 4 heteroatoms. The molecular weight excluding hydrogens is 246 g/mol. The number of halogens is 1. The van der Waals surface area contributed by atoms with Crippen LogP contribution in [0.25, 0.3) is 10.9 Å². The number of anilines is 1. The molecule has 0 atom stereocenters. The molecule has 0 spiro atoms. The number of hydrogen-bond donors (Lipinski definition) is 2. The van der Waals surface area contributed by atoms with Gasteiger partial charge in [-0.1, -0.05) is 32.4 Å². The van der Waals surface area contributed by atoms with Gasteiger partial charge in [0.25, 0.3) is 0 Å². The zero-order chi connectivity index (χ0) is 13.5. The average molecular weight is 264 g/mol. The summed E-state index contributed by atoms with van der Waals surface area (Å²) in [4.78, 5) is 4.74. The van der Waals surface area contributed by atoms with Crippen LogP contribution in [0.15, 0.2) is 18.2 Å². The molecule has 0 amide bonds. The van der Waals surface area contributed by atoms with Crippen LogP contribution in [-0.4, -0.2) is 4.98 Å². The highest BCUT2D eigenvalue weighted by atomic mass is 35.5. The molecule has 0 bridgehead atoms. The minimum absolute atomic E-state index is 0.0220. The second-order valence-corrected chi connectivity index (χ2v) is 6.00. The lowest BCUT2D eigenvalue weighted by atomic mass is 9.90. The molecule has 1 aromatic carbocycles. The van der Waals surface area contributed by atoms with Crippen molar-refractivity contribution in [2.24, 2.45) is 5.84 Å². The van der Waals surface area contributed by atoms with Crippen molar-refractivity contribution in [3.8, 4) is 0 Å². The zero-order valence-corrected chi connectivity index (χ0v) is 11.9. The fraction of sp³-hybridized carbons (Fsp3) is 0.357. The van der Waals surface area contributed by atoms with Crippen molar-refractivity contribution >= 4 is 28.2 Å². The predicted molar refractivity (Wildman–Crippen MR) is 78.0 cm³/mol. The lowest BCUT2D eigenvalue weighted by Crippen LogP contribution is -2.16. The molecule has 3 nitrogen and oxygen atoms in total. The van der Waals surface area contributed by atoms with E-state index in [4.69, 9.17) is 22.4 Å². The summed E-state index contributed by atoms with van der Waals surface area (Å²) in [7, 11) is 0. The Hall–Kier alpha value is -1.32. The van der Waals surface area contributed by atoms with E-state index >= 15 is 0 Å². The Morgan fingerprint density at radius 3 is 2.44 bits per heavy atom. The Morgan fingerprint density at radius 2 is 1.89 bits per heavy atom. The van der Waals surface area contributed by atoms with E-state index in [1.165, 1.54) is 0 Å². The normalized spacial score (nSPS) is 11.9. The summed E-state index contributed by atoms with van der Waals surface area (Å²) in [6.45, 7) is 8.40. The van der Waals surface area contributed by atoms with Crippen LogP contribution in [0, 0.1) is 6.92 Å². The molecule has 3 N–H and O–H groups in total. The lowest BCUT2D eigenvalue weighted by molar-refractivity contribution is 0.571. The summed E-state index contributed by atoms with van der Waals surface area (Å²) < 4.78 is 0. The number of hydrogen-bond acceptors (Lipinski definition) is 3. The van der Waals surface area contributed by atoms with E-state index in [1.807, 2.05) is 25.1 Å². The van der Waals surface area contributed by atoms with Gasteiger partial charge in [0, 0.05) is 21.5 Å². The molecule has 2 aromatic rings. The third kappa shape index (κ3) is 2.28. The molecule has 18 heavy (non-hydrogen) atoms. The van der Waals surface area contributed by atoms with E-state index in [0.29, 0.717) is 5.02 Å². The van der Waals surface area contributed by atoms with Crippen LogP contribution in [0.1, 0.15) is 32.0 Å². The first-order valence-electron chi connectivity index (χ1n) is 5.91. The van der Waals surface area contributed by atoms with Gasteiger partial charge in [-0.3, -0.25) is 10.8 Å². The molecule has 2 rings (SSSR count). The van der Waals surface area contributed by atoms with Gasteiger partial charge >= 0.3 is 0 Å². The number of nitrogens with two attached hydrogens (primary N) is 1. The van der Waals surface area contributed by atoms with Crippen LogP contribution >= 0.6 is 11.6 Å². The summed E-state index contributed by atoms with van der Waals surface area (Å²) in [5, 5.41) is 1.65. The Morgan fingerprint density at radius 1 is 1.22 bits per heavy atom. The molecule has 0 saturated heterocycles. The van der Waals surface area contributed by atoms with E-state index in [2.05, 4.69) is 26.2 Å². The minimum Gasteiger partial charge on any atom is -0.323 e. The number of aromatic nitrogens is 1. The highest BCUT2D eigenvalue weighted by molar-refractivity contribution is 6.31. The SMILES string of the molecule is Cc1cc(Cl)cc2c(NN)cc(C(C)(C)C)nc12. The van der Waals surface area contributed by atoms with Crippen molar-refractivity contribution < 1.29 is 0 Å². The molecule has 0 aliphatic carbocycles. The molecule has 1 heterocycles. The topological polar surface area (TPSA) is 50.9 Å². The fourth-order valence-electron chi connectivity index (χ4n) is 1.96. The number of nitrogens with zero attached hydrogens (tertiary/aromatic N) is 1. The number of aryl methyl sites for hydroxylation is 1. The number of nitrogen functional groups attached to an aromatic ring is 1. The quantitative estimate of drug-likeness (QED) is 0.608. The standard InChI is InChI=1S/C14H18ClN3/c1-8-5-9(15)6-10-11(18-16)7-12(14(2,3)4)17-13(8)10/h5-7H,16H2,1-4H3,(H,17,18). The zero-order valence-electron chi connectivity index (χ0n) is 11.1. The summed E-state index contributed by atoms with van der Waals surface area (Å²) in [5.41, 5.74) is 6.58. The molecular formula is C14H18ClN3. The van der Waals surface area contributed by atoms with Gasteiger partial charge in [-0.15, -0.1) is 0 Å². The van der Waals surface area contributed by atoms with E-state index in [0.717, 1.165) is 27.8 Å². The monoisotopic (exact) mass is 263 g/mol.